The number of carboxylic acid groups (broad SMARTS) is 1. The van der Waals surface area contributed by atoms with Crippen LogP contribution in [0, 0.1) is 0 Å². The Kier molecular flexibility index (Phi) is 3.78. The Morgan fingerprint density at radius 3 is 2.72 bits per heavy atom. The summed E-state index contributed by atoms with van der Waals surface area (Å²) in [4.78, 5) is 28.8. The number of carbonyl (C=O) groups is 1. The predicted molar refractivity (Wildman–Crippen MR) is 96.3 cm³/mol. The lowest BCUT2D eigenvalue weighted by atomic mass is 9.96. The van der Waals surface area contributed by atoms with E-state index in [1.54, 1.807) is 12.1 Å². The molecule has 2 aromatic carbocycles. The predicted octanol–water partition coefficient (Wildman–Crippen LogP) is 2.33. The molecule has 0 radical (unpaired) electrons. The molecular weight excluding hydrogens is 360 g/mol. The van der Waals surface area contributed by atoms with Crippen LogP contribution in [0.4, 0.5) is 5.69 Å². The van der Waals surface area contributed by atoms with Gasteiger partial charge in [0.15, 0.2) is 4.80 Å². The zero-order valence-corrected chi connectivity index (χ0v) is 14.3. The third-order valence-electron chi connectivity index (χ3n) is 3.97. The van der Waals surface area contributed by atoms with Crippen molar-refractivity contribution < 1.29 is 9.90 Å². The molecule has 1 unspecified atom stereocenters. The molecule has 1 aliphatic heterocycles. The van der Waals surface area contributed by atoms with Crippen molar-refractivity contribution in [1.29, 1.82) is 0 Å². The van der Waals surface area contributed by atoms with Gasteiger partial charge in [-0.05, 0) is 23.8 Å². The fourth-order valence-corrected chi connectivity index (χ4v) is 4.11. The van der Waals surface area contributed by atoms with Gasteiger partial charge in [0.25, 0.3) is 5.56 Å². The van der Waals surface area contributed by atoms with Crippen molar-refractivity contribution in [1.82, 2.24) is 4.57 Å². The number of rotatable bonds is 2. The van der Waals surface area contributed by atoms with Crippen LogP contribution in [0.1, 0.15) is 17.2 Å². The summed E-state index contributed by atoms with van der Waals surface area (Å²) in [6, 6.07) is 14.5. The summed E-state index contributed by atoms with van der Waals surface area (Å²) < 4.78 is 1.68. The van der Waals surface area contributed by atoms with Crippen molar-refractivity contribution in [2.75, 3.05) is 0 Å². The maximum atomic E-state index is 12.8. The Hall–Kier alpha value is -2.70. The number of hydrogen-bond donors (Lipinski definition) is 1. The summed E-state index contributed by atoms with van der Waals surface area (Å²) in [5.41, 5.74) is 2.07. The first-order valence-corrected chi connectivity index (χ1v) is 8.63. The molecular formula is C18H11ClN2O3S. The van der Waals surface area contributed by atoms with Crippen LogP contribution < -0.4 is 14.9 Å². The molecule has 0 saturated heterocycles. The maximum absolute atomic E-state index is 12.8. The summed E-state index contributed by atoms with van der Waals surface area (Å²) in [7, 11) is 0. The van der Waals surface area contributed by atoms with Gasteiger partial charge in [0, 0.05) is 16.7 Å². The Balaban J connectivity index is 2.10. The van der Waals surface area contributed by atoms with Crippen LogP contribution in [0.3, 0.4) is 0 Å². The number of benzene rings is 2. The van der Waals surface area contributed by atoms with Crippen molar-refractivity contribution in [3.63, 3.8) is 0 Å². The van der Waals surface area contributed by atoms with Gasteiger partial charge in [0.1, 0.15) is 4.53 Å². The molecule has 25 heavy (non-hydrogen) atoms. The van der Waals surface area contributed by atoms with Gasteiger partial charge >= 0.3 is 5.97 Å². The first-order valence-electron chi connectivity index (χ1n) is 7.44. The third kappa shape index (κ3) is 2.69. The highest BCUT2D eigenvalue weighted by Crippen LogP contribution is 2.35. The smallest absolute Gasteiger partial charge is 0.329 e. The maximum Gasteiger partial charge on any atom is 0.329 e. The van der Waals surface area contributed by atoms with E-state index in [1.165, 1.54) is 4.57 Å². The van der Waals surface area contributed by atoms with Crippen LogP contribution in [0.2, 0.25) is 5.02 Å². The minimum absolute atomic E-state index is 0.145. The highest BCUT2D eigenvalue weighted by atomic mass is 35.5. The molecule has 0 aliphatic carbocycles. The average molecular weight is 371 g/mol. The molecule has 7 heteroatoms. The molecule has 0 fully saturated rings. The highest BCUT2D eigenvalue weighted by molar-refractivity contribution is 7.07. The zero-order chi connectivity index (χ0) is 17.6. The summed E-state index contributed by atoms with van der Waals surface area (Å²) in [5.74, 6) is -1.16. The van der Waals surface area contributed by atoms with E-state index in [-0.39, 0.29) is 10.1 Å². The topological polar surface area (TPSA) is 71.7 Å². The van der Waals surface area contributed by atoms with Gasteiger partial charge in [-0.15, -0.1) is 0 Å². The lowest BCUT2D eigenvalue weighted by Crippen LogP contribution is -2.37. The minimum atomic E-state index is -1.16. The molecule has 5 nitrogen and oxygen atoms in total. The molecule has 1 aromatic heterocycles. The SMILES string of the molecule is O=C(O)C=c1sc2n(c1=O)C(c1ccccc1)c1cc(Cl)ccc1N=2. The Morgan fingerprint density at radius 2 is 2.00 bits per heavy atom. The van der Waals surface area contributed by atoms with Gasteiger partial charge < -0.3 is 5.11 Å². The van der Waals surface area contributed by atoms with Crippen LogP contribution in [0.15, 0.2) is 58.3 Å². The van der Waals surface area contributed by atoms with Gasteiger partial charge in [-0.1, -0.05) is 53.3 Å². The van der Waals surface area contributed by atoms with E-state index in [9.17, 15) is 9.59 Å². The molecule has 1 atom stereocenters. The van der Waals surface area contributed by atoms with Gasteiger partial charge in [0.2, 0.25) is 0 Å². The van der Waals surface area contributed by atoms with Crippen molar-refractivity contribution in [2.45, 2.75) is 6.04 Å². The second kappa shape index (κ2) is 5.98. The van der Waals surface area contributed by atoms with Crippen LogP contribution in [0.25, 0.3) is 6.08 Å². The molecule has 0 spiro atoms. The quantitative estimate of drug-likeness (QED) is 0.588. The summed E-state index contributed by atoms with van der Waals surface area (Å²) in [6.45, 7) is 0. The van der Waals surface area contributed by atoms with Crippen molar-refractivity contribution in [3.8, 4) is 0 Å². The van der Waals surface area contributed by atoms with Crippen molar-refractivity contribution >= 4 is 40.7 Å². The molecule has 124 valence electrons. The Labute approximate surface area is 150 Å². The van der Waals surface area contributed by atoms with E-state index >= 15 is 0 Å². The Bertz CT molecular complexity index is 1170. The molecule has 1 N–H and O–H groups in total. The molecule has 0 amide bonds. The van der Waals surface area contributed by atoms with E-state index in [0.717, 1.165) is 34.2 Å². The molecule has 0 saturated carbocycles. The molecule has 4 rings (SSSR count). The van der Waals surface area contributed by atoms with Gasteiger partial charge in [-0.3, -0.25) is 9.36 Å². The van der Waals surface area contributed by atoms with Crippen molar-refractivity contribution in [2.24, 2.45) is 4.99 Å². The lowest BCUT2D eigenvalue weighted by molar-refractivity contribution is -0.129. The molecule has 3 aromatic rings. The van der Waals surface area contributed by atoms with Crippen LogP contribution in [0.5, 0.6) is 0 Å². The number of aliphatic carboxylic acids is 1. The number of aromatic nitrogens is 1. The van der Waals surface area contributed by atoms with E-state index in [4.69, 9.17) is 16.7 Å². The monoisotopic (exact) mass is 370 g/mol. The number of carboxylic acids is 1. The second-order valence-corrected chi connectivity index (χ2v) is 6.98. The van der Waals surface area contributed by atoms with E-state index in [2.05, 4.69) is 4.99 Å². The number of nitrogens with zero attached hydrogens (tertiary/aromatic N) is 2. The zero-order valence-electron chi connectivity index (χ0n) is 12.7. The minimum Gasteiger partial charge on any atom is -0.478 e. The van der Waals surface area contributed by atoms with E-state index in [1.807, 2.05) is 36.4 Å². The van der Waals surface area contributed by atoms with Gasteiger partial charge in [-0.2, -0.15) is 0 Å². The number of thiazole rings is 1. The first kappa shape index (κ1) is 15.8. The third-order valence-corrected chi connectivity index (χ3v) is 5.18. The van der Waals surface area contributed by atoms with Gasteiger partial charge in [-0.25, -0.2) is 9.79 Å². The van der Waals surface area contributed by atoms with Crippen LogP contribution in [-0.2, 0) is 4.79 Å². The van der Waals surface area contributed by atoms with Gasteiger partial charge in [0.05, 0.1) is 11.7 Å². The number of fused-ring (bicyclic) bond motifs is 2. The molecule has 2 heterocycles. The fraction of sp³-hybridized carbons (Fsp3) is 0.0556. The largest absolute Gasteiger partial charge is 0.478 e. The van der Waals surface area contributed by atoms with Crippen LogP contribution >= 0.6 is 22.9 Å². The Morgan fingerprint density at radius 1 is 1.24 bits per heavy atom. The average Bonchev–Trinajstić information content (AvgIpc) is 2.89. The molecule has 0 bridgehead atoms. The highest BCUT2D eigenvalue weighted by Gasteiger charge is 2.27. The van der Waals surface area contributed by atoms with E-state index in [0.29, 0.717) is 9.82 Å². The second-order valence-electron chi connectivity index (χ2n) is 5.53. The summed E-state index contributed by atoms with van der Waals surface area (Å²) in [5, 5.41) is 9.55. The standard InChI is InChI=1S/C18H11ClN2O3S/c19-11-6-7-13-12(8-11)16(10-4-2-1-3-5-10)21-17(24)14(9-15(22)23)25-18(21)20-13/h1-9,16H,(H,22,23). The summed E-state index contributed by atoms with van der Waals surface area (Å²) in [6.07, 6.45) is 0.924. The van der Waals surface area contributed by atoms with E-state index < -0.39 is 12.0 Å². The van der Waals surface area contributed by atoms with Crippen LogP contribution in [-0.4, -0.2) is 15.6 Å². The normalized spacial score (nSPS) is 16.0. The lowest BCUT2D eigenvalue weighted by Gasteiger charge is -2.24. The number of hydrogen-bond acceptors (Lipinski definition) is 4. The van der Waals surface area contributed by atoms with Crippen molar-refractivity contribution in [3.05, 3.63) is 84.4 Å². The molecule has 1 aliphatic rings. The number of halogens is 1. The first-order chi connectivity index (χ1) is 12.0. The fourth-order valence-electron chi connectivity index (χ4n) is 2.96. The summed E-state index contributed by atoms with van der Waals surface area (Å²) >= 11 is 7.23.